The second-order valence-electron chi connectivity index (χ2n) is 6.27. The second kappa shape index (κ2) is 8.11. The van der Waals surface area contributed by atoms with Crippen LogP contribution < -0.4 is 4.90 Å². The van der Waals surface area contributed by atoms with Gasteiger partial charge in [-0.25, -0.2) is 0 Å². The molecule has 1 atom stereocenters. The Kier molecular flexibility index (Phi) is 6.14. The third kappa shape index (κ3) is 4.36. The molecule has 1 aromatic rings. The molecule has 1 heterocycles. The second-order valence-corrected chi connectivity index (χ2v) is 6.27. The third-order valence-electron chi connectivity index (χ3n) is 4.54. The van der Waals surface area contributed by atoms with Gasteiger partial charge in [-0.05, 0) is 31.0 Å². The van der Waals surface area contributed by atoms with Crippen molar-refractivity contribution in [3.63, 3.8) is 0 Å². The lowest BCUT2D eigenvalue weighted by atomic mass is 10.1. The average molecular weight is 348 g/mol. The minimum Gasteiger partial charge on any atom is -0.480 e. The summed E-state index contributed by atoms with van der Waals surface area (Å²) >= 11 is 0. The summed E-state index contributed by atoms with van der Waals surface area (Å²) in [4.78, 5) is 39.0. The molecule has 7 heteroatoms. The summed E-state index contributed by atoms with van der Waals surface area (Å²) in [5, 5.41) is 9.01. The van der Waals surface area contributed by atoms with Crippen LogP contribution in [0.2, 0.25) is 0 Å². The summed E-state index contributed by atoms with van der Waals surface area (Å²) in [6.07, 6.45) is 0.0926. The Balaban J connectivity index is 2.15. The Hall–Kier alpha value is -2.41. The number of carboxylic acids is 1. The molecule has 0 aliphatic carbocycles. The van der Waals surface area contributed by atoms with Gasteiger partial charge in [-0.3, -0.25) is 14.4 Å². The van der Waals surface area contributed by atoms with E-state index in [1.807, 2.05) is 32.0 Å². The summed E-state index contributed by atoms with van der Waals surface area (Å²) in [6.45, 7) is 4.24. The normalized spacial score (nSPS) is 17.0. The van der Waals surface area contributed by atoms with Crippen LogP contribution in [0.4, 0.5) is 5.69 Å². The molecule has 2 amide bonds. The van der Waals surface area contributed by atoms with E-state index in [0.717, 1.165) is 16.8 Å². The van der Waals surface area contributed by atoms with E-state index in [1.165, 1.54) is 12.0 Å². The van der Waals surface area contributed by atoms with Crippen LogP contribution >= 0.6 is 0 Å². The van der Waals surface area contributed by atoms with E-state index in [1.54, 1.807) is 4.90 Å². The minimum atomic E-state index is -1.08. The van der Waals surface area contributed by atoms with Crippen molar-refractivity contribution in [1.82, 2.24) is 4.90 Å². The van der Waals surface area contributed by atoms with Gasteiger partial charge in [-0.2, -0.15) is 0 Å². The van der Waals surface area contributed by atoms with E-state index in [-0.39, 0.29) is 37.9 Å². The molecule has 0 bridgehead atoms. The molecule has 1 aromatic carbocycles. The molecule has 1 N–H and O–H groups in total. The van der Waals surface area contributed by atoms with Crippen LogP contribution in [0.3, 0.4) is 0 Å². The first-order valence-electron chi connectivity index (χ1n) is 8.21. The fourth-order valence-corrected chi connectivity index (χ4v) is 3.02. The molecular formula is C18H24N2O5. The summed E-state index contributed by atoms with van der Waals surface area (Å²) in [5.74, 6) is -2.06. The van der Waals surface area contributed by atoms with Crippen LogP contribution in [0.5, 0.6) is 0 Å². The van der Waals surface area contributed by atoms with Gasteiger partial charge in [0.15, 0.2) is 0 Å². The molecule has 1 saturated heterocycles. The number of methoxy groups -OCH3 is 1. The fraction of sp³-hybridized carbons (Fsp3) is 0.500. The van der Waals surface area contributed by atoms with Gasteiger partial charge in [0.2, 0.25) is 11.8 Å². The van der Waals surface area contributed by atoms with Gasteiger partial charge in [-0.15, -0.1) is 0 Å². The number of aliphatic carboxylic acids is 1. The molecular weight excluding hydrogens is 324 g/mol. The molecule has 0 saturated carbocycles. The highest BCUT2D eigenvalue weighted by Crippen LogP contribution is 2.30. The molecule has 2 rings (SSSR count). The quantitative estimate of drug-likeness (QED) is 0.800. The van der Waals surface area contributed by atoms with Gasteiger partial charge < -0.3 is 19.6 Å². The SMILES string of the molecule is COCCN(CC(=O)O)C(=O)C1CC(=O)N(c2cccc(C)c2C)C1. The number of benzene rings is 1. The van der Waals surface area contributed by atoms with E-state index >= 15 is 0 Å². The first kappa shape index (κ1) is 18.9. The first-order valence-corrected chi connectivity index (χ1v) is 8.21. The van der Waals surface area contributed by atoms with E-state index in [0.29, 0.717) is 0 Å². The van der Waals surface area contributed by atoms with Gasteiger partial charge in [0, 0.05) is 32.3 Å². The number of aryl methyl sites for hydroxylation is 1. The maximum Gasteiger partial charge on any atom is 0.323 e. The van der Waals surface area contributed by atoms with Crippen LogP contribution in [0.25, 0.3) is 0 Å². The van der Waals surface area contributed by atoms with Gasteiger partial charge in [-0.1, -0.05) is 12.1 Å². The van der Waals surface area contributed by atoms with Crippen molar-refractivity contribution in [2.75, 3.05) is 38.3 Å². The van der Waals surface area contributed by atoms with Crippen LogP contribution in [-0.2, 0) is 19.1 Å². The predicted molar refractivity (Wildman–Crippen MR) is 92.5 cm³/mol. The molecule has 1 fully saturated rings. The zero-order valence-electron chi connectivity index (χ0n) is 14.8. The van der Waals surface area contributed by atoms with Crippen molar-refractivity contribution < 1.29 is 24.2 Å². The van der Waals surface area contributed by atoms with Crippen LogP contribution in [0.15, 0.2) is 18.2 Å². The Morgan fingerprint density at radius 2 is 2.08 bits per heavy atom. The number of amides is 2. The lowest BCUT2D eigenvalue weighted by molar-refractivity contribution is -0.146. The number of carboxylic acid groups (broad SMARTS) is 1. The number of hydrogen-bond acceptors (Lipinski definition) is 4. The number of carbonyl (C=O) groups is 3. The molecule has 0 aromatic heterocycles. The van der Waals surface area contributed by atoms with E-state index in [9.17, 15) is 14.4 Å². The number of carbonyl (C=O) groups excluding carboxylic acids is 2. The van der Waals surface area contributed by atoms with Crippen molar-refractivity contribution >= 4 is 23.5 Å². The molecule has 1 unspecified atom stereocenters. The predicted octanol–water partition coefficient (Wildman–Crippen LogP) is 1.22. The lowest BCUT2D eigenvalue weighted by Gasteiger charge is -2.24. The van der Waals surface area contributed by atoms with Gasteiger partial charge in [0.05, 0.1) is 12.5 Å². The highest BCUT2D eigenvalue weighted by Gasteiger charge is 2.38. The van der Waals surface area contributed by atoms with Crippen LogP contribution in [0, 0.1) is 19.8 Å². The zero-order chi connectivity index (χ0) is 18.6. The van der Waals surface area contributed by atoms with E-state index in [4.69, 9.17) is 9.84 Å². The highest BCUT2D eigenvalue weighted by molar-refractivity contribution is 6.01. The average Bonchev–Trinajstić information content (AvgIpc) is 2.94. The molecule has 25 heavy (non-hydrogen) atoms. The molecule has 136 valence electrons. The summed E-state index contributed by atoms with van der Waals surface area (Å²) in [7, 11) is 1.49. The van der Waals surface area contributed by atoms with Crippen molar-refractivity contribution in [3.8, 4) is 0 Å². The van der Waals surface area contributed by atoms with Crippen molar-refractivity contribution in [2.24, 2.45) is 5.92 Å². The molecule has 0 radical (unpaired) electrons. The number of nitrogens with zero attached hydrogens (tertiary/aromatic N) is 2. The molecule has 1 aliphatic heterocycles. The number of hydrogen-bond donors (Lipinski definition) is 1. The monoisotopic (exact) mass is 348 g/mol. The minimum absolute atomic E-state index is 0.0926. The number of rotatable bonds is 7. The van der Waals surface area contributed by atoms with Crippen molar-refractivity contribution in [3.05, 3.63) is 29.3 Å². The van der Waals surface area contributed by atoms with E-state index < -0.39 is 18.4 Å². The summed E-state index contributed by atoms with van der Waals surface area (Å²) in [6, 6.07) is 5.73. The molecule has 0 spiro atoms. The largest absolute Gasteiger partial charge is 0.480 e. The number of anilines is 1. The van der Waals surface area contributed by atoms with Gasteiger partial charge >= 0.3 is 5.97 Å². The Labute approximate surface area is 147 Å². The maximum absolute atomic E-state index is 12.7. The van der Waals surface area contributed by atoms with Gasteiger partial charge in [0.1, 0.15) is 6.54 Å². The van der Waals surface area contributed by atoms with Crippen molar-refractivity contribution in [2.45, 2.75) is 20.3 Å². The van der Waals surface area contributed by atoms with E-state index in [2.05, 4.69) is 0 Å². The third-order valence-corrected chi connectivity index (χ3v) is 4.54. The standard InChI is InChI=1S/C18H24N2O5/c1-12-5-4-6-15(13(12)2)20-10-14(9-16(20)21)18(24)19(7-8-25-3)11-17(22)23/h4-6,14H,7-11H2,1-3H3,(H,22,23). The Morgan fingerprint density at radius 3 is 2.72 bits per heavy atom. The fourth-order valence-electron chi connectivity index (χ4n) is 3.02. The van der Waals surface area contributed by atoms with Crippen LogP contribution in [-0.4, -0.2) is 61.1 Å². The topological polar surface area (TPSA) is 87.1 Å². The first-order chi connectivity index (χ1) is 11.8. The zero-order valence-corrected chi connectivity index (χ0v) is 14.8. The lowest BCUT2D eigenvalue weighted by Crippen LogP contribution is -2.42. The molecule has 1 aliphatic rings. The summed E-state index contributed by atoms with van der Waals surface area (Å²) in [5.41, 5.74) is 2.89. The Bertz CT molecular complexity index is 673. The van der Waals surface area contributed by atoms with Crippen molar-refractivity contribution in [1.29, 1.82) is 0 Å². The van der Waals surface area contributed by atoms with Gasteiger partial charge in [0.25, 0.3) is 0 Å². The number of ether oxygens (including phenoxy) is 1. The summed E-state index contributed by atoms with van der Waals surface area (Å²) < 4.78 is 4.94. The Morgan fingerprint density at radius 1 is 1.36 bits per heavy atom. The maximum atomic E-state index is 12.7. The van der Waals surface area contributed by atoms with Crippen LogP contribution in [0.1, 0.15) is 17.5 Å². The smallest absolute Gasteiger partial charge is 0.323 e. The highest BCUT2D eigenvalue weighted by atomic mass is 16.5. The molecule has 7 nitrogen and oxygen atoms in total.